The molecule has 1 aliphatic carbocycles. The van der Waals surface area contributed by atoms with Crippen LogP contribution in [0.1, 0.15) is 39.4 Å². The van der Waals surface area contributed by atoms with Gasteiger partial charge in [0.1, 0.15) is 18.0 Å². The fourth-order valence-electron chi connectivity index (χ4n) is 3.76. The Morgan fingerprint density at radius 2 is 1.75 bits per heavy atom. The van der Waals surface area contributed by atoms with E-state index < -0.39 is 12.1 Å². The number of hydrogen-bond acceptors (Lipinski definition) is 5. The number of carbonyl (C=O) groups excluding carboxylic acids is 1. The molecular formula is C25H21N3O4. The highest BCUT2D eigenvalue weighted by atomic mass is 16.5. The van der Waals surface area contributed by atoms with Crippen LogP contribution in [0.2, 0.25) is 0 Å². The zero-order valence-electron chi connectivity index (χ0n) is 17.2. The number of aromatic carboxylic acids is 1. The lowest BCUT2D eigenvalue weighted by molar-refractivity contribution is 0.0697. The quantitative estimate of drug-likeness (QED) is 0.423. The van der Waals surface area contributed by atoms with Gasteiger partial charge in [0.05, 0.1) is 0 Å². The molecule has 0 radical (unpaired) electrons. The van der Waals surface area contributed by atoms with Gasteiger partial charge in [-0.2, -0.15) is 0 Å². The van der Waals surface area contributed by atoms with E-state index in [2.05, 4.69) is 46.4 Å². The Hall–Kier alpha value is -4.31. The number of alkyl carbamates (subject to hydrolysis) is 1. The lowest BCUT2D eigenvalue weighted by Gasteiger charge is -2.14. The number of fused-ring (bicyclic) bond motifs is 3. The topological polar surface area (TPSA) is 115 Å². The fraction of sp³-hybridized carbons (Fsp3) is 0.160. The van der Waals surface area contributed by atoms with Gasteiger partial charge in [0, 0.05) is 30.6 Å². The summed E-state index contributed by atoms with van der Waals surface area (Å²) in [6.45, 7) is 0.554. The smallest absolute Gasteiger partial charge is 0.407 e. The van der Waals surface area contributed by atoms with Gasteiger partial charge in [-0.1, -0.05) is 60.4 Å². The Morgan fingerprint density at radius 3 is 2.41 bits per heavy atom. The first-order valence-corrected chi connectivity index (χ1v) is 10.1. The van der Waals surface area contributed by atoms with Gasteiger partial charge < -0.3 is 20.9 Å². The van der Waals surface area contributed by atoms with E-state index in [-0.39, 0.29) is 23.9 Å². The fourth-order valence-corrected chi connectivity index (χ4v) is 3.76. The second-order valence-electron chi connectivity index (χ2n) is 7.27. The molecule has 32 heavy (non-hydrogen) atoms. The zero-order chi connectivity index (χ0) is 22.5. The number of rotatable bonds is 5. The Bertz CT molecular complexity index is 1200. The van der Waals surface area contributed by atoms with Crippen LogP contribution in [0.4, 0.5) is 10.6 Å². The Morgan fingerprint density at radius 1 is 1.09 bits per heavy atom. The number of carbonyl (C=O) groups is 2. The van der Waals surface area contributed by atoms with E-state index in [0.717, 1.165) is 11.1 Å². The molecule has 0 saturated heterocycles. The van der Waals surface area contributed by atoms with E-state index in [1.165, 1.54) is 23.4 Å². The summed E-state index contributed by atoms with van der Waals surface area (Å²) in [5, 5.41) is 11.8. The second-order valence-corrected chi connectivity index (χ2v) is 7.27. The van der Waals surface area contributed by atoms with Crippen molar-refractivity contribution >= 4 is 17.9 Å². The van der Waals surface area contributed by atoms with Crippen molar-refractivity contribution in [3.8, 4) is 23.0 Å². The number of nitrogen functional groups attached to an aromatic ring is 1. The number of carboxylic acid groups (broad SMARTS) is 1. The molecule has 0 atom stereocenters. The first-order chi connectivity index (χ1) is 15.5. The standard InChI is InChI=1S/C25H21N3O4/c26-23-21(24(29)30)13-16(14-28-23)7-5-6-12-27-25(31)32-15-22-19-10-3-1-8-17(19)18-9-2-4-11-20(18)22/h1-4,8-11,13-14,22H,6,12,15H2,(H2,26,28)(H,27,31)(H,29,30). The molecule has 0 spiro atoms. The summed E-state index contributed by atoms with van der Waals surface area (Å²) >= 11 is 0. The van der Waals surface area contributed by atoms with Crippen molar-refractivity contribution in [2.45, 2.75) is 12.3 Å². The molecule has 4 N–H and O–H groups in total. The van der Waals surface area contributed by atoms with Crippen LogP contribution in [0.3, 0.4) is 0 Å². The number of anilines is 1. The maximum absolute atomic E-state index is 12.1. The molecule has 0 bridgehead atoms. The number of nitrogens with one attached hydrogen (secondary N) is 1. The summed E-state index contributed by atoms with van der Waals surface area (Å²) in [5.41, 5.74) is 10.5. The number of aromatic nitrogens is 1. The number of ether oxygens (including phenoxy) is 1. The van der Waals surface area contributed by atoms with Crippen LogP contribution in [-0.4, -0.2) is 35.3 Å². The third-order valence-corrected chi connectivity index (χ3v) is 5.24. The molecule has 0 saturated carbocycles. The lowest BCUT2D eigenvalue weighted by Crippen LogP contribution is -2.26. The highest BCUT2D eigenvalue weighted by molar-refractivity contribution is 5.92. The van der Waals surface area contributed by atoms with E-state index in [9.17, 15) is 9.59 Å². The number of nitrogens with zero attached hydrogens (tertiary/aromatic N) is 1. The zero-order valence-corrected chi connectivity index (χ0v) is 17.2. The number of benzene rings is 2. The average Bonchev–Trinajstić information content (AvgIpc) is 3.12. The van der Waals surface area contributed by atoms with E-state index in [0.29, 0.717) is 18.5 Å². The average molecular weight is 427 g/mol. The van der Waals surface area contributed by atoms with Gasteiger partial charge in [0.25, 0.3) is 0 Å². The van der Waals surface area contributed by atoms with Crippen molar-refractivity contribution in [1.29, 1.82) is 0 Å². The number of carboxylic acids is 1. The first-order valence-electron chi connectivity index (χ1n) is 10.1. The number of nitrogens with two attached hydrogens (primary N) is 1. The van der Waals surface area contributed by atoms with Crippen LogP contribution in [-0.2, 0) is 4.74 Å². The molecule has 1 aromatic heterocycles. The van der Waals surface area contributed by atoms with Crippen LogP contribution < -0.4 is 11.1 Å². The molecule has 4 rings (SSSR count). The molecule has 7 heteroatoms. The molecule has 160 valence electrons. The van der Waals surface area contributed by atoms with Crippen molar-refractivity contribution in [1.82, 2.24) is 10.3 Å². The molecule has 1 aliphatic rings. The van der Waals surface area contributed by atoms with Crippen LogP contribution in [0, 0.1) is 11.8 Å². The predicted octanol–water partition coefficient (Wildman–Crippen LogP) is 3.64. The van der Waals surface area contributed by atoms with Crippen molar-refractivity contribution in [2.75, 3.05) is 18.9 Å². The maximum Gasteiger partial charge on any atom is 0.407 e. The van der Waals surface area contributed by atoms with Crippen molar-refractivity contribution in [2.24, 2.45) is 0 Å². The van der Waals surface area contributed by atoms with Gasteiger partial charge >= 0.3 is 12.1 Å². The summed E-state index contributed by atoms with van der Waals surface area (Å²) in [5.74, 6) is 4.48. The predicted molar refractivity (Wildman–Crippen MR) is 120 cm³/mol. The van der Waals surface area contributed by atoms with E-state index in [4.69, 9.17) is 15.6 Å². The van der Waals surface area contributed by atoms with E-state index >= 15 is 0 Å². The summed E-state index contributed by atoms with van der Waals surface area (Å²) in [6, 6.07) is 17.7. The Labute approximate surface area is 185 Å². The SMILES string of the molecule is Nc1ncc(C#CCCNC(=O)OCC2c3ccccc3-c3ccccc32)cc1C(=O)O. The molecule has 0 unspecified atom stereocenters. The summed E-state index contributed by atoms with van der Waals surface area (Å²) in [7, 11) is 0. The molecule has 7 nitrogen and oxygen atoms in total. The maximum atomic E-state index is 12.1. The Kier molecular flexibility index (Phi) is 6.04. The molecule has 1 heterocycles. The molecule has 0 fully saturated rings. The van der Waals surface area contributed by atoms with Gasteiger partial charge in [0.2, 0.25) is 0 Å². The summed E-state index contributed by atoms with van der Waals surface area (Å²) in [4.78, 5) is 27.1. The molecule has 2 aromatic carbocycles. The van der Waals surface area contributed by atoms with Crippen molar-refractivity contribution in [3.05, 3.63) is 83.0 Å². The largest absolute Gasteiger partial charge is 0.478 e. The summed E-state index contributed by atoms with van der Waals surface area (Å²) < 4.78 is 5.47. The van der Waals surface area contributed by atoms with Gasteiger partial charge in [-0.3, -0.25) is 0 Å². The van der Waals surface area contributed by atoms with Crippen molar-refractivity contribution < 1.29 is 19.4 Å². The first kappa shape index (κ1) is 20.9. The minimum Gasteiger partial charge on any atom is -0.478 e. The number of pyridine rings is 1. The monoisotopic (exact) mass is 427 g/mol. The van der Waals surface area contributed by atoms with Crippen LogP contribution in [0.5, 0.6) is 0 Å². The number of hydrogen-bond donors (Lipinski definition) is 3. The number of amides is 1. The van der Waals surface area contributed by atoms with Crippen LogP contribution >= 0.6 is 0 Å². The van der Waals surface area contributed by atoms with Gasteiger partial charge in [-0.05, 0) is 28.3 Å². The van der Waals surface area contributed by atoms with Crippen LogP contribution in [0.15, 0.2) is 60.8 Å². The molecule has 3 aromatic rings. The van der Waals surface area contributed by atoms with Gasteiger partial charge in [-0.25, -0.2) is 14.6 Å². The van der Waals surface area contributed by atoms with Crippen LogP contribution in [0.25, 0.3) is 11.1 Å². The molecular weight excluding hydrogens is 406 g/mol. The summed E-state index contributed by atoms with van der Waals surface area (Å²) in [6.07, 6.45) is 1.28. The highest BCUT2D eigenvalue weighted by Crippen LogP contribution is 2.44. The Balaban J connectivity index is 1.29. The molecule has 1 amide bonds. The van der Waals surface area contributed by atoms with Crippen molar-refractivity contribution in [3.63, 3.8) is 0 Å². The second kappa shape index (κ2) is 9.23. The highest BCUT2D eigenvalue weighted by Gasteiger charge is 2.28. The minimum absolute atomic E-state index is 0.00869. The normalized spacial score (nSPS) is 11.6. The third-order valence-electron chi connectivity index (χ3n) is 5.24. The lowest BCUT2D eigenvalue weighted by atomic mass is 9.98. The minimum atomic E-state index is -1.16. The van der Waals surface area contributed by atoms with Gasteiger partial charge in [0.15, 0.2) is 0 Å². The molecule has 0 aliphatic heterocycles. The van der Waals surface area contributed by atoms with E-state index in [1.807, 2.05) is 24.3 Å². The van der Waals surface area contributed by atoms with Gasteiger partial charge in [-0.15, -0.1) is 0 Å². The van der Waals surface area contributed by atoms with E-state index in [1.54, 1.807) is 0 Å². The third kappa shape index (κ3) is 4.40.